The van der Waals surface area contributed by atoms with Crippen LogP contribution in [0.15, 0.2) is 28.8 Å². The lowest BCUT2D eigenvalue weighted by Gasteiger charge is -2.34. The number of carbonyl (C=O) groups is 2. The zero-order valence-electron chi connectivity index (χ0n) is 18.3. The lowest BCUT2D eigenvalue weighted by atomic mass is 10.1. The van der Waals surface area contributed by atoms with Gasteiger partial charge in [0.2, 0.25) is 5.91 Å². The van der Waals surface area contributed by atoms with Gasteiger partial charge in [-0.25, -0.2) is 0 Å². The number of ether oxygens (including phenoxy) is 1. The smallest absolute Gasteiger partial charge is 0.276 e. The third-order valence-electron chi connectivity index (χ3n) is 5.89. The van der Waals surface area contributed by atoms with Gasteiger partial charge >= 0.3 is 0 Å². The minimum Gasteiger partial charge on any atom is -0.491 e. The van der Waals surface area contributed by atoms with E-state index in [0.717, 1.165) is 62.6 Å². The molecule has 31 heavy (non-hydrogen) atoms. The van der Waals surface area contributed by atoms with E-state index in [9.17, 15) is 9.59 Å². The highest BCUT2D eigenvalue weighted by atomic mass is 16.5. The molecule has 8 heteroatoms. The van der Waals surface area contributed by atoms with Crippen molar-refractivity contribution in [3.05, 3.63) is 46.8 Å². The number of hydrogen-bond donors (Lipinski definition) is 0. The van der Waals surface area contributed by atoms with Crippen LogP contribution < -0.4 is 4.74 Å². The first-order chi connectivity index (χ1) is 15.0. The number of carbonyl (C=O) groups excluding carboxylic acids is 2. The molecule has 3 heterocycles. The molecule has 4 rings (SSSR count). The molecular weight excluding hydrogens is 396 g/mol. The lowest BCUT2D eigenvalue weighted by Crippen LogP contribution is -2.47. The summed E-state index contributed by atoms with van der Waals surface area (Å²) in [5.41, 5.74) is 2.54. The fraction of sp³-hybridized carbons (Fsp3) is 0.522. The summed E-state index contributed by atoms with van der Waals surface area (Å²) >= 11 is 0. The molecule has 1 aromatic carbocycles. The molecule has 0 atom stereocenters. The zero-order valence-corrected chi connectivity index (χ0v) is 18.3. The third-order valence-corrected chi connectivity index (χ3v) is 5.89. The summed E-state index contributed by atoms with van der Waals surface area (Å²) in [6.45, 7) is 9.21. The van der Waals surface area contributed by atoms with Gasteiger partial charge in [-0.1, -0.05) is 18.1 Å². The van der Waals surface area contributed by atoms with Crippen LogP contribution in [0.2, 0.25) is 0 Å². The van der Waals surface area contributed by atoms with Gasteiger partial charge in [-0.15, -0.1) is 0 Å². The van der Waals surface area contributed by atoms with Gasteiger partial charge in [0, 0.05) is 64.2 Å². The Bertz CT molecular complexity index is 933. The molecule has 0 N–H and O–H groups in total. The van der Waals surface area contributed by atoms with Gasteiger partial charge in [-0.3, -0.25) is 14.5 Å². The van der Waals surface area contributed by atoms with Crippen molar-refractivity contribution in [2.75, 3.05) is 39.3 Å². The molecule has 0 spiro atoms. The van der Waals surface area contributed by atoms with Crippen LogP contribution in [0.5, 0.6) is 5.75 Å². The van der Waals surface area contributed by atoms with Crippen LogP contribution in [0.4, 0.5) is 0 Å². The van der Waals surface area contributed by atoms with E-state index in [1.165, 1.54) is 5.56 Å². The number of aryl methyl sites for hydroxylation is 1. The lowest BCUT2D eigenvalue weighted by molar-refractivity contribution is -0.130. The quantitative estimate of drug-likeness (QED) is 0.730. The Morgan fingerprint density at radius 2 is 1.87 bits per heavy atom. The number of amides is 2. The Morgan fingerprint density at radius 3 is 2.61 bits per heavy atom. The topological polar surface area (TPSA) is 79.1 Å². The fourth-order valence-corrected chi connectivity index (χ4v) is 4.14. The van der Waals surface area contributed by atoms with Gasteiger partial charge in [-0.2, -0.15) is 0 Å². The third kappa shape index (κ3) is 5.07. The highest BCUT2D eigenvalue weighted by Gasteiger charge is 2.24. The van der Waals surface area contributed by atoms with Crippen LogP contribution in [-0.4, -0.2) is 71.0 Å². The number of nitrogens with zero attached hydrogens (tertiary/aromatic N) is 4. The molecule has 2 aromatic rings. The minimum atomic E-state index is -0.131. The summed E-state index contributed by atoms with van der Waals surface area (Å²) in [4.78, 5) is 30.5. The van der Waals surface area contributed by atoms with Crippen LogP contribution >= 0.6 is 0 Å². The number of fused-ring (bicyclic) bond motifs is 1. The van der Waals surface area contributed by atoms with Crippen LogP contribution in [-0.2, 0) is 24.3 Å². The Hall–Kier alpha value is -2.87. The van der Waals surface area contributed by atoms with Crippen molar-refractivity contribution in [3.63, 3.8) is 0 Å². The van der Waals surface area contributed by atoms with E-state index in [2.05, 4.69) is 29.1 Å². The van der Waals surface area contributed by atoms with E-state index in [1.807, 2.05) is 11.0 Å². The molecule has 2 aliphatic heterocycles. The van der Waals surface area contributed by atoms with E-state index in [0.29, 0.717) is 25.4 Å². The van der Waals surface area contributed by atoms with Crippen molar-refractivity contribution in [1.29, 1.82) is 0 Å². The zero-order chi connectivity index (χ0) is 21.8. The first kappa shape index (κ1) is 21.4. The van der Waals surface area contributed by atoms with Crippen molar-refractivity contribution < 1.29 is 18.8 Å². The Labute approximate surface area is 182 Å². The van der Waals surface area contributed by atoms with Crippen LogP contribution in [0, 0.1) is 0 Å². The second-order valence-electron chi connectivity index (χ2n) is 8.23. The summed E-state index contributed by atoms with van der Waals surface area (Å²) < 4.78 is 11.2. The normalized spacial score (nSPS) is 17.1. The summed E-state index contributed by atoms with van der Waals surface area (Å²) in [6.07, 6.45) is 1.72. The molecule has 1 aromatic heterocycles. The molecule has 2 aliphatic rings. The van der Waals surface area contributed by atoms with Gasteiger partial charge < -0.3 is 19.1 Å². The molecule has 0 aliphatic carbocycles. The largest absolute Gasteiger partial charge is 0.491 e. The average molecular weight is 427 g/mol. The molecule has 8 nitrogen and oxygen atoms in total. The molecule has 0 radical (unpaired) electrons. The Balaban J connectivity index is 1.43. The van der Waals surface area contributed by atoms with E-state index in [4.69, 9.17) is 9.26 Å². The first-order valence-corrected chi connectivity index (χ1v) is 11.0. The maximum atomic E-state index is 13.0. The van der Waals surface area contributed by atoms with E-state index < -0.39 is 0 Å². The molecule has 0 unspecified atom stereocenters. The van der Waals surface area contributed by atoms with Crippen molar-refractivity contribution in [2.45, 2.75) is 39.8 Å². The molecule has 0 bridgehead atoms. The van der Waals surface area contributed by atoms with Crippen LogP contribution in [0.3, 0.4) is 0 Å². The summed E-state index contributed by atoms with van der Waals surface area (Å²) in [5.74, 6) is 1.57. The molecule has 2 amide bonds. The maximum Gasteiger partial charge on any atom is 0.276 e. The highest BCUT2D eigenvalue weighted by molar-refractivity contribution is 5.92. The number of benzene rings is 1. The monoisotopic (exact) mass is 426 g/mol. The predicted octanol–water partition coefficient (Wildman–Crippen LogP) is 2.33. The highest BCUT2D eigenvalue weighted by Crippen LogP contribution is 2.26. The SMILES string of the molecule is CCCc1cc(C(=O)N2CCOc3ccc(CN4CCN(C(C)=O)CC4)cc3C2)no1. The number of rotatable bonds is 5. The van der Waals surface area contributed by atoms with E-state index in [1.54, 1.807) is 17.9 Å². The number of aromatic nitrogens is 1. The molecule has 1 saturated heterocycles. The first-order valence-electron chi connectivity index (χ1n) is 11.0. The van der Waals surface area contributed by atoms with Crippen LogP contribution in [0.1, 0.15) is 47.6 Å². The van der Waals surface area contributed by atoms with Gasteiger partial charge in [0.1, 0.15) is 18.1 Å². The minimum absolute atomic E-state index is 0.131. The predicted molar refractivity (Wildman–Crippen MR) is 115 cm³/mol. The van der Waals surface area contributed by atoms with Gasteiger partial charge in [0.15, 0.2) is 5.69 Å². The number of hydrogen-bond acceptors (Lipinski definition) is 6. The van der Waals surface area contributed by atoms with Crippen molar-refractivity contribution in [1.82, 2.24) is 19.9 Å². The Morgan fingerprint density at radius 1 is 1.06 bits per heavy atom. The standard InChI is InChI=1S/C23H30N4O4/c1-3-4-20-14-21(24-31-20)23(29)27-11-12-30-22-6-5-18(13-19(22)16-27)15-25-7-9-26(10-8-25)17(2)28/h5-6,13-14H,3-4,7-12,15-16H2,1-2H3. The maximum absolute atomic E-state index is 13.0. The summed E-state index contributed by atoms with van der Waals surface area (Å²) in [6, 6.07) is 7.96. The Kier molecular flexibility index (Phi) is 6.56. The summed E-state index contributed by atoms with van der Waals surface area (Å²) in [5, 5.41) is 3.97. The average Bonchev–Trinajstić information content (AvgIpc) is 3.12. The number of piperazine rings is 1. The van der Waals surface area contributed by atoms with Gasteiger partial charge in [0.25, 0.3) is 5.91 Å². The second-order valence-corrected chi connectivity index (χ2v) is 8.23. The van der Waals surface area contributed by atoms with Gasteiger partial charge in [-0.05, 0) is 24.1 Å². The molecule has 166 valence electrons. The molecule has 1 fully saturated rings. The molecular formula is C23H30N4O4. The fourth-order valence-electron chi connectivity index (χ4n) is 4.14. The second kappa shape index (κ2) is 9.51. The van der Waals surface area contributed by atoms with E-state index in [-0.39, 0.29) is 11.8 Å². The van der Waals surface area contributed by atoms with E-state index >= 15 is 0 Å². The van der Waals surface area contributed by atoms with Crippen molar-refractivity contribution >= 4 is 11.8 Å². The van der Waals surface area contributed by atoms with Crippen LogP contribution in [0.25, 0.3) is 0 Å². The van der Waals surface area contributed by atoms with Crippen molar-refractivity contribution in [2.24, 2.45) is 0 Å². The summed E-state index contributed by atoms with van der Waals surface area (Å²) in [7, 11) is 0. The van der Waals surface area contributed by atoms with Crippen molar-refractivity contribution in [3.8, 4) is 5.75 Å². The van der Waals surface area contributed by atoms with Gasteiger partial charge in [0.05, 0.1) is 6.54 Å². The molecule has 0 saturated carbocycles.